The smallest absolute Gasteiger partial charge is 0.269 e. The van der Waals surface area contributed by atoms with Crippen LogP contribution in [0.2, 0.25) is 0 Å². The molecule has 0 saturated carbocycles. The molecule has 8 nitrogen and oxygen atoms in total. The Kier molecular flexibility index (Phi) is 5.33. The molecule has 5 rings (SSSR count). The third-order valence-corrected chi connectivity index (χ3v) is 7.32. The van der Waals surface area contributed by atoms with Crippen molar-refractivity contribution in [2.45, 2.75) is 13.5 Å². The Hall–Kier alpha value is -3.72. The minimum absolute atomic E-state index is 0.0620. The molecule has 1 aliphatic rings. The number of carbonyl (C=O) groups excluding carboxylic acids is 1. The molecule has 9 heteroatoms. The summed E-state index contributed by atoms with van der Waals surface area (Å²) in [4.78, 5) is 41.3. The summed E-state index contributed by atoms with van der Waals surface area (Å²) in [5.74, 6) is -0.0638. The number of aromatic nitrogens is 1. The first-order chi connectivity index (χ1) is 16.0. The van der Waals surface area contributed by atoms with E-state index in [2.05, 4.69) is 4.90 Å². The average molecular weight is 463 g/mol. The predicted molar refractivity (Wildman–Crippen MR) is 130 cm³/mol. The van der Waals surface area contributed by atoms with Crippen LogP contribution >= 0.6 is 11.3 Å². The summed E-state index contributed by atoms with van der Waals surface area (Å²) in [6.45, 7) is 4.88. The summed E-state index contributed by atoms with van der Waals surface area (Å²) < 4.78 is 2.61. The van der Waals surface area contributed by atoms with Gasteiger partial charge in [-0.1, -0.05) is 18.2 Å². The predicted octanol–water partition coefficient (Wildman–Crippen LogP) is 4.11. The first kappa shape index (κ1) is 21.1. The van der Waals surface area contributed by atoms with Crippen LogP contribution in [0.5, 0.6) is 0 Å². The van der Waals surface area contributed by atoms with Crippen LogP contribution in [0.4, 0.5) is 11.4 Å². The Labute approximate surface area is 193 Å². The van der Waals surface area contributed by atoms with E-state index in [0.29, 0.717) is 43.0 Å². The molecule has 2 aromatic carbocycles. The van der Waals surface area contributed by atoms with Gasteiger partial charge in [-0.05, 0) is 31.2 Å². The van der Waals surface area contributed by atoms with Crippen molar-refractivity contribution >= 4 is 49.6 Å². The molecule has 0 atom stereocenters. The van der Waals surface area contributed by atoms with Crippen molar-refractivity contribution in [1.29, 1.82) is 0 Å². The summed E-state index contributed by atoms with van der Waals surface area (Å²) in [5.41, 5.74) is 1.78. The Morgan fingerprint density at radius 3 is 2.39 bits per heavy atom. The van der Waals surface area contributed by atoms with Gasteiger partial charge >= 0.3 is 0 Å². The third kappa shape index (κ3) is 3.64. The molecule has 0 aliphatic carbocycles. The van der Waals surface area contributed by atoms with E-state index in [4.69, 9.17) is 0 Å². The van der Waals surface area contributed by atoms with Crippen molar-refractivity contribution in [3.8, 4) is 0 Å². The number of non-ortho nitro benzene ring substituents is 1. The van der Waals surface area contributed by atoms with Gasteiger partial charge in [-0.3, -0.25) is 19.7 Å². The van der Waals surface area contributed by atoms with Gasteiger partial charge in [0.2, 0.25) is 0 Å². The number of benzene rings is 2. The highest BCUT2D eigenvalue weighted by molar-refractivity contribution is 7.21. The number of anilines is 1. The molecule has 0 bridgehead atoms. The highest BCUT2D eigenvalue weighted by Gasteiger charge is 2.25. The fraction of sp³-hybridized carbons (Fsp3) is 0.250. The summed E-state index contributed by atoms with van der Waals surface area (Å²) in [5, 5.41) is 12.4. The van der Waals surface area contributed by atoms with Crippen molar-refractivity contribution in [2.75, 3.05) is 31.1 Å². The SMILES string of the molecule is CCn1c(=O)c2cc(C(=O)N3CCN(c4ccc([N+](=O)[O-])cc4)CC3)sc2c2ccccc21. The van der Waals surface area contributed by atoms with Gasteiger partial charge in [-0.25, -0.2) is 0 Å². The van der Waals surface area contributed by atoms with Crippen LogP contribution in [-0.4, -0.2) is 46.5 Å². The molecular weight excluding hydrogens is 440 g/mol. The normalized spacial score (nSPS) is 14.2. The standard InChI is InChI=1S/C24H22N4O4S/c1-2-27-20-6-4-3-5-18(20)22-19(23(27)29)15-21(33-22)24(30)26-13-11-25(12-14-26)16-7-9-17(10-8-16)28(31)32/h3-10,15H,2,11-14H2,1H3. The Bertz CT molecular complexity index is 1430. The summed E-state index contributed by atoms with van der Waals surface area (Å²) in [6, 6.07) is 16.0. The monoisotopic (exact) mass is 462 g/mol. The van der Waals surface area contributed by atoms with E-state index in [-0.39, 0.29) is 17.2 Å². The molecule has 4 aromatic rings. The van der Waals surface area contributed by atoms with Gasteiger partial charge in [0.1, 0.15) is 0 Å². The van der Waals surface area contributed by atoms with E-state index in [0.717, 1.165) is 21.3 Å². The maximum Gasteiger partial charge on any atom is 0.269 e. The molecule has 0 unspecified atom stereocenters. The number of aryl methyl sites for hydroxylation is 1. The number of hydrogen-bond donors (Lipinski definition) is 0. The van der Waals surface area contributed by atoms with E-state index < -0.39 is 4.92 Å². The van der Waals surface area contributed by atoms with Gasteiger partial charge in [0.15, 0.2) is 0 Å². The number of pyridine rings is 1. The van der Waals surface area contributed by atoms with Gasteiger partial charge in [-0.2, -0.15) is 0 Å². The van der Waals surface area contributed by atoms with Crippen LogP contribution in [0.25, 0.3) is 21.0 Å². The lowest BCUT2D eigenvalue weighted by Gasteiger charge is -2.35. The molecule has 1 saturated heterocycles. The van der Waals surface area contributed by atoms with Crippen LogP contribution in [0.1, 0.15) is 16.6 Å². The molecule has 3 heterocycles. The Morgan fingerprint density at radius 2 is 1.73 bits per heavy atom. The van der Waals surface area contributed by atoms with Crippen LogP contribution in [0.3, 0.4) is 0 Å². The number of nitro benzene ring substituents is 1. The number of fused-ring (bicyclic) bond motifs is 3. The first-order valence-electron chi connectivity index (χ1n) is 10.8. The number of nitro groups is 1. The zero-order valence-corrected chi connectivity index (χ0v) is 18.9. The molecule has 0 radical (unpaired) electrons. The molecule has 2 aromatic heterocycles. The Morgan fingerprint density at radius 1 is 1.03 bits per heavy atom. The zero-order chi connectivity index (χ0) is 23.1. The minimum atomic E-state index is -0.413. The van der Waals surface area contributed by atoms with E-state index in [1.165, 1.54) is 23.5 Å². The number of amides is 1. The number of rotatable bonds is 4. The second-order valence-corrected chi connectivity index (χ2v) is 9.02. The quantitative estimate of drug-likeness (QED) is 0.336. The third-order valence-electron chi connectivity index (χ3n) is 6.17. The van der Waals surface area contributed by atoms with Crippen LogP contribution in [0.15, 0.2) is 59.4 Å². The molecule has 1 aliphatic heterocycles. The highest BCUT2D eigenvalue weighted by atomic mass is 32.1. The van der Waals surface area contributed by atoms with Gasteiger partial charge in [-0.15, -0.1) is 11.3 Å². The van der Waals surface area contributed by atoms with E-state index in [9.17, 15) is 19.7 Å². The van der Waals surface area contributed by atoms with Crippen molar-refractivity contribution < 1.29 is 9.72 Å². The molecular formula is C24H22N4O4S. The summed E-state index contributed by atoms with van der Waals surface area (Å²) in [6.07, 6.45) is 0. The van der Waals surface area contributed by atoms with Crippen molar-refractivity contribution in [3.63, 3.8) is 0 Å². The fourth-order valence-electron chi connectivity index (χ4n) is 4.43. The van der Waals surface area contributed by atoms with Crippen molar-refractivity contribution in [2.24, 2.45) is 0 Å². The van der Waals surface area contributed by atoms with E-state index in [1.54, 1.807) is 22.8 Å². The maximum absolute atomic E-state index is 13.3. The van der Waals surface area contributed by atoms with E-state index >= 15 is 0 Å². The van der Waals surface area contributed by atoms with E-state index in [1.807, 2.05) is 36.1 Å². The minimum Gasteiger partial charge on any atom is -0.368 e. The van der Waals surface area contributed by atoms with Gasteiger partial charge in [0.05, 0.1) is 20.7 Å². The van der Waals surface area contributed by atoms with Crippen molar-refractivity contribution in [1.82, 2.24) is 9.47 Å². The number of nitrogens with zero attached hydrogens (tertiary/aromatic N) is 4. The lowest BCUT2D eigenvalue weighted by molar-refractivity contribution is -0.384. The maximum atomic E-state index is 13.3. The Balaban J connectivity index is 1.39. The first-order valence-corrected chi connectivity index (χ1v) is 11.6. The van der Waals surface area contributed by atoms with Crippen molar-refractivity contribution in [3.05, 3.63) is 79.9 Å². The molecule has 1 amide bonds. The molecule has 0 N–H and O–H groups in total. The van der Waals surface area contributed by atoms with Crippen LogP contribution in [0, 0.1) is 10.1 Å². The highest BCUT2D eigenvalue weighted by Crippen LogP contribution is 2.31. The molecule has 33 heavy (non-hydrogen) atoms. The average Bonchev–Trinajstić information content (AvgIpc) is 3.30. The second-order valence-electron chi connectivity index (χ2n) is 7.97. The second kappa shape index (κ2) is 8.32. The van der Waals surface area contributed by atoms with Gasteiger partial charge < -0.3 is 14.4 Å². The zero-order valence-electron chi connectivity index (χ0n) is 18.1. The summed E-state index contributed by atoms with van der Waals surface area (Å²) >= 11 is 1.38. The molecule has 0 spiro atoms. The van der Waals surface area contributed by atoms with Gasteiger partial charge in [0.25, 0.3) is 17.2 Å². The molecule has 1 fully saturated rings. The van der Waals surface area contributed by atoms with Crippen LogP contribution in [-0.2, 0) is 6.54 Å². The number of hydrogen-bond acceptors (Lipinski definition) is 6. The van der Waals surface area contributed by atoms with Gasteiger partial charge in [0, 0.05) is 60.6 Å². The number of thiophene rings is 1. The number of carbonyl (C=O) groups is 1. The fourth-order valence-corrected chi connectivity index (χ4v) is 5.59. The lowest BCUT2D eigenvalue weighted by atomic mass is 10.1. The topological polar surface area (TPSA) is 88.7 Å². The largest absolute Gasteiger partial charge is 0.368 e. The number of piperazine rings is 1. The lowest BCUT2D eigenvalue weighted by Crippen LogP contribution is -2.48. The molecule has 168 valence electrons. The van der Waals surface area contributed by atoms with Crippen LogP contribution < -0.4 is 10.5 Å². The number of para-hydroxylation sites is 1. The summed E-state index contributed by atoms with van der Waals surface area (Å²) in [7, 11) is 0.